The molecule has 3 N–H and O–H groups in total. The Morgan fingerprint density at radius 2 is 1.44 bits per heavy atom. The summed E-state index contributed by atoms with van der Waals surface area (Å²) in [6.45, 7) is 0. The minimum atomic E-state index is 1.10. The first-order chi connectivity index (χ1) is 7.95. The van der Waals surface area contributed by atoms with Crippen molar-refractivity contribution in [1.29, 1.82) is 0 Å². The van der Waals surface area contributed by atoms with Crippen molar-refractivity contribution < 1.29 is 5.32 Å². The number of quaternary nitrogens is 1. The van der Waals surface area contributed by atoms with Crippen LogP contribution in [-0.2, 0) is 0 Å². The number of hydrogen-bond acceptors (Lipinski definition) is 1. The highest BCUT2D eigenvalue weighted by molar-refractivity contribution is 5.44. The maximum absolute atomic E-state index is 3.20. The standard InChI is InChI=1S/C14H14N2/c1-3-7-13(8-4-1)15-11-12-16-14-9-5-2-6-10-14/h1-12,15-16H/p+1/b12-11+. The van der Waals surface area contributed by atoms with Crippen LogP contribution in [0.25, 0.3) is 0 Å². The van der Waals surface area contributed by atoms with Gasteiger partial charge in [-0.05, 0) is 24.3 Å². The van der Waals surface area contributed by atoms with E-state index in [1.807, 2.05) is 60.9 Å². The van der Waals surface area contributed by atoms with E-state index < -0.39 is 0 Å². The van der Waals surface area contributed by atoms with Crippen LogP contribution in [0, 0.1) is 0 Å². The van der Waals surface area contributed by atoms with E-state index >= 15 is 0 Å². The highest BCUT2D eigenvalue weighted by Gasteiger charge is 1.89. The lowest BCUT2D eigenvalue weighted by Crippen LogP contribution is -2.70. The lowest BCUT2D eigenvalue weighted by atomic mass is 10.3. The van der Waals surface area contributed by atoms with Gasteiger partial charge >= 0.3 is 0 Å². The maximum Gasteiger partial charge on any atom is 0.134 e. The second-order valence-corrected chi connectivity index (χ2v) is 3.45. The highest BCUT2D eigenvalue weighted by Crippen LogP contribution is 2.03. The van der Waals surface area contributed by atoms with E-state index in [9.17, 15) is 0 Å². The van der Waals surface area contributed by atoms with Crippen molar-refractivity contribution >= 4 is 11.4 Å². The fraction of sp³-hybridized carbons (Fsp3) is 0. The molecule has 0 fully saturated rings. The summed E-state index contributed by atoms with van der Waals surface area (Å²) in [4.78, 5) is 0. The molecular weight excluding hydrogens is 196 g/mol. The van der Waals surface area contributed by atoms with Crippen LogP contribution in [0.4, 0.5) is 11.4 Å². The molecule has 0 amide bonds. The van der Waals surface area contributed by atoms with Crippen molar-refractivity contribution in [2.24, 2.45) is 0 Å². The van der Waals surface area contributed by atoms with Crippen LogP contribution in [0.1, 0.15) is 0 Å². The van der Waals surface area contributed by atoms with Gasteiger partial charge in [0, 0.05) is 5.69 Å². The molecular formula is C14H15N2+. The van der Waals surface area contributed by atoms with Gasteiger partial charge in [-0.1, -0.05) is 36.4 Å². The van der Waals surface area contributed by atoms with E-state index in [0.29, 0.717) is 0 Å². The molecule has 2 aromatic carbocycles. The Balaban J connectivity index is 1.83. The van der Waals surface area contributed by atoms with Crippen LogP contribution >= 0.6 is 0 Å². The van der Waals surface area contributed by atoms with E-state index in [4.69, 9.17) is 0 Å². The quantitative estimate of drug-likeness (QED) is 0.747. The molecule has 80 valence electrons. The van der Waals surface area contributed by atoms with Crippen molar-refractivity contribution in [1.82, 2.24) is 0 Å². The molecule has 0 radical (unpaired) electrons. The fourth-order valence-corrected chi connectivity index (χ4v) is 1.40. The van der Waals surface area contributed by atoms with Gasteiger partial charge in [-0.15, -0.1) is 0 Å². The summed E-state index contributed by atoms with van der Waals surface area (Å²) in [7, 11) is 0. The molecule has 0 unspecified atom stereocenters. The van der Waals surface area contributed by atoms with Crippen LogP contribution in [-0.4, -0.2) is 0 Å². The van der Waals surface area contributed by atoms with Crippen molar-refractivity contribution in [3.63, 3.8) is 0 Å². The molecule has 2 rings (SSSR count). The molecule has 0 heterocycles. The second kappa shape index (κ2) is 5.73. The zero-order valence-corrected chi connectivity index (χ0v) is 9.01. The van der Waals surface area contributed by atoms with Crippen molar-refractivity contribution in [2.45, 2.75) is 0 Å². The summed E-state index contributed by atoms with van der Waals surface area (Å²) in [5, 5.41) is 5.27. The average molecular weight is 211 g/mol. The number of hydrogen-bond donors (Lipinski definition) is 2. The van der Waals surface area contributed by atoms with Gasteiger partial charge in [-0.3, -0.25) is 5.32 Å². The third kappa shape index (κ3) is 3.26. The Morgan fingerprint density at radius 1 is 0.812 bits per heavy atom. The molecule has 16 heavy (non-hydrogen) atoms. The number of anilines is 1. The third-order valence-electron chi connectivity index (χ3n) is 2.21. The Labute approximate surface area is 95.6 Å². The van der Waals surface area contributed by atoms with Gasteiger partial charge in [0.25, 0.3) is 0 Å². The number of rotatable bonds is 4. The maximum atomic E-state index is 3.20. The lowest BCUT2D eigenvalue weighted by Gasteiger charge is -1.98. The van der Waals surface area contributed by atoms with Crippen molar-refractivity contribution in [2.75, 3.05) is 5.32 Å². The average Bonchev–Trinajstić information content (AvgIpc) is 2.37. The predicted octanol–water partition coefficient (Wildman–Crippen LogP) is 2.46. The first-order valence-electron chi connectivity index (χ1n) is 5.32. The lowest BCUT2D eigenvalue weighted by molar-refractivity contribution is -0.496. The summed E-state index contributed by atoms with van der Waals surface area (Å²) < 4.78 is 0. The van der Waals surface area contributed by atoms with Crippen molar-refractivity contribution in [3.8, 4) is 0 Å². The molecule has 0 spiro atoms. The zero-order valence-electron chi connectivity index (χ0n) is 9.01. The number of nitrogens with two attached hydrogens (primary N) is 1. The molecule has 0 atom stereocenters. The summed E-state index contributed by atoms with van der Waals surface area (Å²) in [5.41, 5.74) is 2.30. The topological polar surface area (TPSA) is 28.6 Å². The van der Waals surface area contributed by atoms with E-state index in [1.54, 1.807) is 0 Å². The molecule has 0 aliphatic heterocycles. The van der Waals surface area contributed by atoms with Gasteiger partial charge in [0.1, 0.15) is 11.9 Å². The summed E-state index contributed by atoms with van der Waals surface area (Å²) in [6.07, 6.45) is 3.94. The van der Waals surface area contributed by atoms with E-state index in [1.165, 1.54) is 5.69 Å². The van der Waals surface area contributed by atoms with Crippen LogP contribution in [0.3, 0.4) is 0 Å². The summed E-state index contributed by atoms with van der Waals surface area (Å²) in [6, 6.07) is 20.3. The van der Waals surface area contributed by atoms with Gasteiger partial charge in [-0.2, -0.15) is 0 Å². The predicted molar refractivity (Wildman–Crippen MR) is 67.2 cm³/mol. The number of para-hydroxylation sites is 2. The molecule has 2 nitrogen and oxygen atoms in total. The summed E-state index contributed by atoms with van der Waals surface area (Å²) in [5.74, 6) is 0. The van der Waals surface area contributed by atoms with Gasteiger partial charge in [0.05, 0.1) is 6.20 Å². The van der Waals surface area contributed by atoms with E-state index in [-0.39, 0.29) is 0 Å². The van der Waals surface area contributed by atoms with E-state index in [0.717, 1.165) is 5.69 Å². The largest absolute Gasteiger partial charge is 0.357 e. The van der Waals surface area contributed by atoms with Crippen LogP contribution in [0.15, 0.2) is 73.1 Å². The smallest absolute Gasteiger partial charge is 0.134 e. The van der Waals surface area contributed by atoms with Crippen LogP contribution < -0.4 is 10.6 Å². The van der Waals surface area contributed by atoms with Gasteiger partial charge < -0.3 is 5.32 Å². The fourth-order valence-electron chi connectivity index (χ4n) is 1.40. The van der Waals surface area contributed by atoms with E-state index in [2.05, 4.69) is 22.8 Å². The van der Waals surface area contributed by atoms with Gasteiger partial charge in [-0.25, -0.2) is 0 Å². The molecule has 0 aromatic heterocycles. The van der Waals surface area contributed by atoms with Gasteiger partial charge in [0.15, 0.2) is 0 Å². The van der Waals surface area contributed by atoms with Crippen molar-refractivity contribution in [3.05, 3.63) is 73.1 Å². The molecule has 0 saturated carbocycles. The van der Waals surface area contributed by atoms with Crippen LogP contribution in [0.5, 0.6) is 0 Å². The number of benzene rings is 2. The SMILES string of the molecule is C(=C\[NH2+]c1ccccc1)/Nc1ccccc1. The molecule has 0 aliphatic rings. The molecule has 0 bridgehead atoms. The first kappa shape index (κ1) is 10.5. The minimum Gasteiger partial charge on any atom is -0.357 e. The van der Waals surface area contributed by atoms with Gasteiger partial charge in [0.2, 0.25) is 0 Å². The first-order valence-corrected chi connectivity index (χ1v) is 5.32. The normalized spacial score (nSPS) is 10.5. The molecule has 0 saturated heterocycles. The van der Waals surface area contributed by atoms with Crippen LogP contribution in [0.2, 0.25) is 0 Å². The highest BCUT2D eigenvalue weighted by atomic mass is 14.9. The Bertz CT molecular complexity index is 391. The monoisotopic (exact) mass is 211 g/mol. The minimum absolute atomic E-state index is 1.10. The Hall–Kier alpha value is -2.06. The molecule has 2 aromatic rings. The Kier molecular flexibility index (Phi) is 3.75. The second-order valence-electron chi connectivity index (χ2n) is 3.45. The number of nitrogens with one attached hydrogen (secondary N) is 1. The third-order valence-corrected chi connectivity index (χ3v) is 2.21. The molecule has 0 aliphatic carbocycles. The zero-order chi connectivity index (χ0) is 11.1. The molecule has 2 heteroatoms. The summed E-state index contributed by atoms with van der Waals surface area (Å²) >= 11 is 0. The Morgan fingerprint density at radius 3 is 2.12 bits per heavy atom.